The minimum Gasteiger partial charge on any atom is -0.327 e. The van der Waals surface area contributed by atoms with E-state index in [-0.39, 0.29) is 10.8 Å². The molecular formula is C10H18ClN. The summed E-state index contributed by atoms with van der Waals surface area (Å²) >= 11 is 6.46. The number of alkyl halides is 1. The molecule has 2 heteroatoms. The molecule has 2 aliphatic carbocycles. The Morgan fingerprint density at radius 1 is 1.33 bits per heavy atom. The molecule has 2 N–H and O–H groups in total. The minimum atomic E-state index is 0.204. The van der Waals surface area contributed by atoms with E-state index in [1.165, 1.54) is 12.8 Å². The molecule has 0 spiro atoms. The summed E-state index contributed by atoms with van der Waals surface area (Å²) in [6, 6.07) is 0.332. The highest BCUT2D eigenvalue weighted by Gasteiger charge is 2.62. The lowest BCUT2D eigenvalue weighted by atomic mass is 9.70. The van der Waals surface area contributed by atoms with Gasteiger partial charge in [0.2, 0.25) is 0 Å². The lowest BCUT2D eigenvalue weighted by molar-refractivity contribution is 0.167. The van der Waals surface area contributed by atoms with Crippen LogP contribution < -0.4 is 5.73 Å². The average Bonchev–Trinajstić information content (AvgIpc) is 2.34. The first-order valence-corrected chi connectivity index (χ1v) is 5.22. The molecule has 0 radical (unpaired) electrons. The molecule has 0 aromatic rings. The van der Waals surface area contributed by atoms with Crippen molar-refractivity contribution in [2.45, 2.75) is 45.0 Å². The van der Waals surface area contributed by atoms with Gasteiger partial charge in [0.25, 0.3) is 0 Å². The molecule has 0 heterocycles. The number of nitrogens with two attached hydrogens (primary N) is 1. The Labute approximate surface area is 79.7 Å². The molecule has 2 bridgehead atoms. The maximum atomic E-state index is 6.46. The highest BCUT2D eigenvalue weighted by Crippen LogP contribution is 2.63. The maximum Gasteiger partial charge on any atom is 0.0458 e. The van der Waals surface area contributed by atoms with Gasteiger partial charge in [-0.2, -0.15) is 0 Å². The number of hydrogen-bond donors (Lipinski definition) is 1. The molecule has 12 heavy (non-hydrogen) atoms. The zero-order valence-electron chi connectivity index (χ0n) is 8.10. The normalized spacial score (nSPS) is 56.2. The number of fused-ring (bicyclic) bond motifs is 2. The lowest BCUT2D eigenvalue weighted by Crippen LogP contribution is -2.48. The van der Waals surface area contributed by atoms with Crippen LogP contribution in [0.3, 0.4) is 0 Å². The summed E-state index contributed by atoms with van der Waals surface area (Å²) in [6.07, 6.45) is 2.40. The smallest absolute Gasteiger partial charge is 0.0458 e. The molecular weight excluding hydrogens is 170 g/mol. The third kappa shape index (κ3) is 0.793. The third-order valence-electron chi connectivity index (χ3n) is 4.36. The van der Waals surface area contributed by atoms with Gasteiger partial charge in [-0.25, -0.2) is 0 Å². The van der Waals surface area contributed by atoms with Crippen LogP contribution in [0, 0.1) is 16.7 Å². The Bertz CT molecular complexity index is 214. The molecule has 0 aliphatic heterocycles. The van der Waals surface area contributed by atoms with E-state index in [1.54, 1.807) is 0 Å². The van der Waals surface area contributed by atoms with Crippen LogP contribution in [0.1, 0.15) is 33.6 Å². The molecule has 0 aromatic heterocycles. The van der Waals surface area contributed by atoms with Gasteiger partial charge in [0.15, 0.2) is 0 Å². The molecule has 70 valence electrons. The van der Waals surface area contributed by atoms with E-state index in [1.807, 2.05) is 0 Å². The second-order valence-corrected chi connectivity index (χ2v) is 5.87. The van der Waals surface area contributed by atoms with E-state index in [4.69, 9.17) is 17.3 Å². The van der Waals surface area contributed by atoms with E-state index in [2.05, 4.69) is 20.8 Å². The van der Waals surface area contributed by atoms with Crippen LogP contribution in [0.2, 0.25) is 0 Å². The first kappa shape index (κ1) is 8.83. The topological polar surface area (TPSA) is 26.0 Å². The van der Waals surface area contributed by atoms with Crippen LogP contribution in [0.5, 0.6) is 0 Å². The van der Waals surface area contributed by atoms with Crippen LogP contribution in [-0.2, 0) is 0 Å². The van der Waals surface area contributed by atoms with Crippen molar-refractivity contribution >= 4 is 11.6 Å². The molecule has 2 rings (SSSR count). The fraction of sp³-hybridized carbons (Fsp3) is 1.00. The van der Waals surface area contributed by atoms with Crippen LogP contribution in [-0.4, -0.2) is 11.4 Å². The first-order chi connectivity index (χ1) is 5.39. The van der Waals surface area contributed by atoms with Crippen molar-refractivity contribution in [3.05, 3.63) is 0 Å². The quantitative estimate of drug-likeness (QED) is 0.579. The predicted octanol–water partition coefficient (Wildman–Crippen LogP) is 2.38. The summed E-state index contributed by atoms with van der Waals surface area (Å²) < 4.78 is 0. The summed E-state index contributed by atoms with van der Waals surface area (Å²) in [5.74, 6) is 0.750. The zero-order chi connectivity index (χ0) is 9.15. The summed E-state index contributed by atoms with van der Waals surface area (Å²) in [7, 11) is 0. The Kier molecular flexibility index (Phi) is 1.61. The monoisotopic (exact) mass is 187 g/mol. The van der Waals surface area contributed by atoms with Crippen molar-refractivity contribution in [2.24, 2.45) is 22.5 Å². The van der Waals surface area contributed by atoms with Crippen LogP contribution in [0.4, 0.5) is 0 Å². The highest BCUT2D eigenvalue weighted by atomic mass is 35.5. The predicted molar refractivity (Wildman–Crippen MR) is 52.2 cm³/mol. The number of halogens is 1. The van der Waals surface area contributed by atoms with Crippen molar-refractivity contribution < 1.29 is 0 Å². The molecule has 4 unspecified atom stereocenters. The summed E-state index contributed by atoms with van der Waals surface area (Å²) in [6.45, 7) is 6.82. The van der Waals surface area contributed by atoms with Gasteiger partial charge in [0, 0.05) is 11.4 Å². The standard InChI is InChI=1S/C10H18ClN/c1-9(2)6-4-7(12)10(3,5-6)8(9)11/h6-8H,4-5,12H2,1-3H3. The van der Waals surface area contributed by atoms with Crippen LogP contribution in [0.25, 0.3) is 0 Å². The largest absolute Gasteiger partial charge is 0.327 e. The Morgan fingerprint density at radius 2 is 1.92 bits per heavy atom. The second kappa shape index (κ2) is 2.19. The summed E-state index contributed by atoms with van der Waals surface area (Å²) in [5, 5.41) is 0.263. The molecule has 2 fully saturated rings. The Morgan fingerprint density at radius 3 is 2.25 bits per heavy atom. The highest BCUT2D eigenvalue weighted by molar-refractivity contribution is 6.22. The third-order valence-corrected chi connectivity index (χ3v) is 5.42. The van der Waals surface area contributed by atoms with Crippen molar-refractivity contribution in [1.29, 1.82) is 0 Å². The Balaban J connectivity index is 2.36. The molecule has 1 nitrogen and oxygen atoms in total. The zero-order valence-corrected chi connectivity index (χ0v) is 8.86. The minimum absolute atomic E-state index is 0.204. The van der Waals surface area contributed by atoms with E-state index in [0.29, 0.717) is 11.5 Å². The van der Waals surface area contributed by atoms with Gasteiger partial charge in [-0.1, -0.05) is 20.8 Å². The average molecular weight is 188 g/mol. The van der Waals surface area contributed by atoms with Crippen LogP contribution in [0.15, 0.2) is 0 Å². The summed E-state index contributed by atoms with van der Waals surface area (Å²) in [5.41, 5.74) is 6.58. The molecule has 2 aliphatic rings. The number of hydrogen-bond acceptors (Lipinski definition) is 1. The lowest BCUT2D eigenvalue weighted by Gasteiger charge is -2.42. The SMILES string of the molecule is CC1(C)C2CC(N)C(C)(C2)C1Cl. The van der Waals surface area contributed by atoms with Crippen LogP contribution >= 0.6 is 11.6 Å². The second-order valence-electron chi connectivity index (χ2n) is 5.43. The molecule has 0 amide bonds. The van der Waals surface area contributed by atoms with E-state index in [9.17, 15) is 0 Å². The van der Waals surface area contributed by atoms with Gasteiger partial charge in [-0.05, 0) is 29.6 Å². The van der Waals surface area contributed by atoms with Crippen molar-refractivity contribution in [3.63, 3.8) is 0 Å². The molecule has 2 saturated carbocycles. The fourth-order valence-electron chi connectivity index (χ4n) is 3.26. The Hall–Kier alpha value is 0.250. The first-order valence-electron chi connectivity index (χ1n) is 4.78. The number of rotatable bonds is 0. The van der Waals surface area contributed by atoms with Gasteiger partial charge in [0.1, 0.15) is 0 Å². The molecule has 0 saturated heterocycles. The van der Waals surface area contributed by atoms with Gasteiger partial charge in [0.05, 0.1) is 0 Å². The summed E-state index contributed by atoms with van der Waals surface area (Å²) in [4.78, 5) is 0. The van der Waals surface area contributed by atoms with E-state index < -0.39 is 0 Å². The van der Waals surface area contributed by atoms with E-state index in [0.717, 1.165) is 5.92 Å². The molecule has 0 aromatic carbocycles. The van der Waals surface area contributed by atoms with E-state index >= 15 is 0 Å². The van der Waals surface area contributed by atoms with Crippen molar-refractivity contribution in [2.75, 3.05) is 0 Å². The molecule has 4 atom stereocenters. The van der Waals surface area contributed by atoms with Gasteiger partial charge in [-0.15, -0.1) is 11.6 Å². The maximum absolute atomic E-state index is 6.46. The van der Waals surface area contributed by atoms with Crippen molar-refractivity contribution in [1.82, 2.24) is 0 Å². The van der Waals surface area contributed by atoms with Crippen molar-refractivity contribution in [3.8, 4) is 0 Å². The van der Waals surface area contributed by atoms with Gasteiger partial charge >= 0.3 is 0 Å². The fourth-order valence-corrected chi connectivity index (χ4v) is 3.69. The van der Waals surface area contributed by atoms with Gasteiger partial charge < -0.3 is 5.73 Å². The van der Waals surface area contributed by atoms with Gasteiger partial charge in [-0.3, -0.25) is 0 Å².